The Balaban J connectivity index is 1.57. The Kier molecular flexibility index (Phi) is 4.61. The van der Waals surface area contributed by atoms with E-state index in [1.54, 1.807) is 0 Å². The molecular weight excluding hydrogens is 296 g/mol. The molecule has 1 amide bonds. The number of carbonyl (C=O) groups excluding carboxylic acids is 1. The number of nitrogens with one attached hydrogen (secondary N) is 1. The first kappa shape index (κ1) is 16.2. The van der Waals surface area contributed by atoms with E-state index < -0.39 is 0 Å². The molecule has 3 heteroatoms. The summed E-state index contributed by atoms with van der Waals surface area (Å²) in [6.45, 7) is 4.02. The maximum atomic E-state index is 12.3. The van der Waals surface area contributed by atoms with E-state index in [1.165, 1.54) is 5.56 Å². The molecule has 122 valence electrons. The van der Waals surface area contributed by atoms with Crippen LogP contribution >= 0.6 is 0 Å². The molecule has 2 atom stereocenters. The number of nitrogens with zero attached hydrogens (tertiary/aromatic N) is 1. The van der Waals surface area contributed by atoms with E-state index in [-0.39, 0.29) is 17.2 Å². The molecule has 3 nitrogen and oxygen atoms in total. The van der Waals surface area contributed by atoms with Crippen molar-refractivity contribution in [3.63, 3.8) is 0 Å². The van der Waals surface area contributed by atoms with Gasteiger partial charge in [-0.25, -0.2) is 5.43 Å². The number of rotatable bonds is 5. The molecule has 1 saturated carbocycles. The smallest absolute Gasteiger partial charge is 0.244 e. The van der Waals surface area contributed by atoms with E-state index >= 15 is 0 Å². The molecule has 0 aliphatic heterocycles. The topological polar surface area (TPSA) is 41.5 Å². The summed E-state index contributed by atoms with van der Waals surface area (Å²) >= 11 is 0. The van der Waals surface area contributed by atoms with Crippen molar-refractivity contribution in [3.8, 4) is 0 Å². The summed E-state index contributed by atoms with van der Waals surface area (Å²) < 4.78 is 0. The van der Waals surface area contributed by atoms with Crippen LogP contribution in [-0.4, -0.2) is 11.6 Å². The van der Waals surface area contributed by atoms with Crippen molar-refractivity contribution in [2.45, 2.75) is 25.7 Å². The van der Waals surface area contributed by atoms with Crippen LogP contribution in [0.5, 0.6) is 0 Å². The van der Waals surface area contributed by atoms with Crippen molar-refractivity contribution < 1.29 is 4.79 Å². The van der Waals surface area contributed by atoms with Crippen LogP contribution in [0.15, 0.2) is 71.8 Å². The molecule has 0 heterocycles. The maximum Gasteiger partial charge on any atom is 0.244 e. The molecule has 1 aliphatic rings. The quantitative estimate of drug-likeness (QED) is 0.652. The second-order valence-corrected chi connectivity index (χ2v) is 6.51. The van der Waals surface area contributed by atoms with Crippen molar-refractivity contribution >= 4 is 17.7 Å². The molecule has 0 spiro atoms. The zero-order valence-corrected chi connectivity index (χ0v) is 14.1. The van der Waals surface area contributed by atoms with Crippen LogP contribution < -0.4 is 5.43 Å². The molecule has 0 aromatic heterocycles. The van der Waals surface area contributed by atoms with E-state index in [0.717, 1.165) is 17.7 Å². The molecule has 1 fully saturated rings. The maximum absolute atomic E-state index is 12.3. The summed E-state index contributed by atoms with van der Waals surface area (Å²) in [6.07, 6.45) is 4.76. The lowest BCUT2D eigenvalue weighted by atomic mass is 9.95. The number of benzene rings is 2. The van der Waals surface area contributed by atoms with Gasteiger partial charge in [0.1, 0.15) is 0 Å². The predicted octanol–water partition coefficient (Wildman–Crippen LogP) is 4.17. The van der Waals surface area contributed by atoms with Crippen molar-refractivity contribution in [3.05, 3.63) is 77.9 Å². The summed E-state index contributed by atoms with van der Waals surface area (Å²) in [5, 5.41) is 4.19. The first-order valence-corrected chi connectivity index (χ1v) is 8.22. The number of allylic oxidation sites excluding steroid dienone is 1. The standard InChI is InChI=1S/C21H22N2O/c1-16(13-14-17-9-5-3-6-10-17)22-23-20(24)19-15-21(19,2)18-11-7-4-8-12-18/h3-14,19H,15H2,1-2H3,(H,23,24)/b14-13-,22-16?/t19-,21+/m0/s1. The second-order valence-electron chi connectivity index (χ2n) is 6.51. The number of carbonyl (C=O) groups is 1. The monoisotopic (exact) mass is 318 g/mol. The fourth-order valence-electron chi connectivity index (χ4n) is 2.92. The van der Waals surface area contributed by atoms with Crippen molar-refractivity contribution in [1.29, 1.82) is 0 Å². The number of hydrogen-bond donors (Lipinski definition) is 1. The van der Waals surface area contributed by atoms with E-state index in [0.29, 0.717) is 0 Å². The second kappa shape index (κ2) is 6.83. The molecule has 0 radical (unpaired) electrons. The molecule has 1 N–H and O–H groups in total. The van der Waals surface area contributed by atoms with E-state index in [2.05, 4.69) is 29.6 Å². The Bertz CT molecular complexity index is 765. The first-order valence-electron chi connectivity index (χ1n) is 8.22. The number of amides is 1. The van der Waals surface area contributed by atoms with E-state index in [1.807, 2.05) is 67.6 Å². The molecule has 3 rings (SSSR count). The third kappa shape index (κ3) is 3.62. The molecule has 24 heavy (non-hydrogen) atoms. The van der Waals surface area contributed by atoms with Crippen LogP contribution in [0.3, 0.4) is 0 Å². The van der Waals surface area contributed by atoms with Crippen LogP contribution in [0.25, 0.3) is 6.08 Å². The summed E-state index contributed by atoms with van der Waals surface area (Å²) in [7, 11) is 0. The molecular formula is C21H22N2O. The molecule has 2 aromatic carbocycles. The Morgan fingerprint density at radius 1 is 1.12 bits per heavy atom. The summed E-state index contributed by atoms with van der Waals surface area (Å²) in [4.78, 5) is 12.3. The van der Waals surface area contributed by atoms with Gasteiger partial charge < -0.3 is 0 Å². The van der Waals surface area contributed by atoms with Gasteiger partial charge in [0.05, 0.1) is 11.6 Å². The lowest BCUT2D eigenvalue weighted by molar-refractivity contribution is -0.122. The van der Waals surface area contributed by atoms with Gasteiger partial charge in [-0.15, -0.1) is 0 Å². The molecule has 1 aliphatic carbocycles. The van der Waals surface area contributed by atoms with Gasteiger partial charge in [-0.3, -0.25) is 4.79 Å². The van der Waals surface area contributed by atoms with Crippen LogP contribution in [0.1, 0.15) is 31.4 Å². The van der Waals surface area contributed by atoms with Crippen LogP contribution in [0.4, 0.5) is 0 Å². The lowest BCUT2D eigenvalue weighted by Gasteiger charge is -2.10. The number of hydrazone groups is 1. The number of hydrogen-bond acceptors (Lipinski definition) is 2. The highest BCUT2D eigenvalue weighted by molar-refractivity contribution is 5.97. The minimum absolute atomic E-state index is 0.00504. The van der Waals surface area contributed by atoms with Gasteiger partial charge in [0.15, 0.2) is 0 Å². The fraction of sp³-hybridized carbons (Fsp3) is 0.238. The van der Waals surface area contributed by atoms with Gasteiger partial charge in [0.25, 0.3) is 0 Å². The van der Waals surface area contributed by atoms with Crippen LogP contribution in [-0.2, 0) is 10.2 Å². The minimum Gasteiger partial charge on any atom is -0.273 e. The van der Waals surface area contributed by atoms with Crippen molar-refractivity contribution in [2.75, 3.05) is 0 Å². The van der Waals surface area contributed by atoms with E-state index in [4.69, 9.17) is 0 Å². The Morgan fingerprint density at radius 3 is 2.42 bits per heavy atom. The van der Waals surface area contributed by atoms with Crippen LogP contribution in [0, 0.1) is 5.92 Å². The Hall–Kier alpha value is -2.68. The highest BCUT2D eigenvalue weighted by Crippen LogP contribution is 2.53. The van der Waals surface area contributed by atoms with Gasteiger partial charge in [-0.1, -0.05) is 73.7 Å². The largest absolute Gasteiger partial charge is 0.273 e. The highest BCUT2D eigenvalue weighted by atomic mass is 16.2. The average molecular weight is 318 g/mol. The summed E-state index contributed by atoms with van der Waals surface area (Å²) in [5.74, 6) is -0.0108. The fourth-order valence-corrected chi connectivity index (χ4v) is 2.92. The zero-order valence-electron chi connectivity index (χ0n) is 14.1. The average Bonchev–Trinajstić information content (AvgIpc) is 3.33. The summed E-state index contributed by atoms with van der Waals surface area (Å²) in [6, 6.07) is 20.2. The first-order chi connectivity index (χ1) is 11.6. The molecule has 0 unspecified atom stereocenters. The van der Waals surface area contributed by atoms with Gasteiger partial charge >= 0.3 is 0 Å². The normalized spacial score (nSPS) is 23.2. The highest BCUT2D eigenvalue weighted by Gasteiger charge is 2.55. The van der Waals surface area contributed by atoms with Gasteiger partial charge in [0.2, 0.25) is 5.91 Å². The molecule has 2 aromatic rings. The third-order valence-electron chi connectivity index (χ3n) is 4.65. The van der Waals surface area contributed by atoms with Gasteiger partial charge in [-0.2, -0.15) is 5.10 Å². The summed E-state index contributed by atoms with van der Waals surface area (Å²) in [5.41, 5.74) is 5.74. The minimum atomic E-state index is -0.0609. The van der Waals surface area contributed by atoms with Crippen LogP contribution in [0.2, 0.25) is 0 Å². The Morgan fingerprint density at radius 2 is 1.75 bits per heavy atom. The van der Waals surface area contributed by atoms with Crippen molar-refractivity contribution in [1.82, 2.24) is 5.43 Å². The molecule has 0 bridgehead atoms. The Labute approximate surface area is 143 Å². The predicted molar refractivity (Wildman–Crippen MR) is 98.6 cm³/mol. The lowest BCUT2D eigenvalue weighted by Crippen LogP contribution is -2.24. The van der Waals surface area contributed by atoms with Crippen molar-refractivity contribution in [2.24, 2.45) is 11.0 Å². The molecule has 0 saturated heterocycles. The SMILES string of the molecule is CC(/C=C\c1ccccc1)=NNC(=O)[C@@H]1C[C@]1(C)c1ccccc1. The van der Waals surface area contributed by atoms with Gasteiger partial charge in [0, 0.05) is 5.41 Å². The zero-order chi connectivity index (χ0) is 17.0. The third-order valence-corrected chi connectivity index (χ3v) is 4.65. The van der Waals surface area contributed by atoms with Gasteiger partial charge in [-0.05, 0) is 30.5 Å². The van der Waals surface area contributed by atoms with E-state index in [9.17, 15) is 4.79 Å².